The molecule has 0 spiro atoms. The highest BCUT2D eigenvalue weighted by atomic mass is 19.1. The van der Waals surface area contributed by atoms with Crippen molar-refractivity contribution >= 4 is 5.97 Å². The molecule has 0 saturated carbocycles. The maximum Gasteiger partial charge on any atom is 0.356 e. The zero-order valence-electron chi connectivity index (χ0n) is 12.6. The lowest BCUT2D eigenvalue weighted by Gasteiger charge is -2.09. The Morgan fingerprint density at radius 2 is 2.04 bits per heavy atom. The molecule has 0 saturated heterocycles. The Hall–Kier alpha value is -3.43. The van der Waals surface area contributed by atoms with Crippen LogP contribution in [0.25, 0.3) is 16.9 Å². The second kappa shape index (κ2) is 5.65. The monoisotopic (exact) mass is 330 g/mol. The molecule has 0 bridgehead atoms. The van der Waals surface area contributed by atoms with Crippen molar-refractivity contribution in [1.82, 2.24) is 29.8 Å². The van der Waals surface area contributed by atoms with Gasteiger partial charge in [0.25, 0.3) is 5.56 Å². The number of hydrogen-bond donors (Lipinski definition) is 1. The second-order valence-electron chi connectivity index (χ2n) is 5.01. The van der Waals surface area contributed by atoms with E-state index in [0.717, 1.165) is 6.07 Å². The molecule has 3 aromatic heterocycles. The number of halogens is 1. The molecule has 9 nitrogen and oxygen atoms in total. The molecule has 0 unspecified atom stereocenters. The van der Waals surface area contributed by atoms with E-state index >= 15 is 0 Å². The summed E-state index contributed by atoms with van der Waals surface area (Å²) < 4.78 is 16.3. The molecule has 0 aliphatic rings. The van der Waals surface area contributed by atoms with Crippen LogP contribution in [0, 0.1) is 12.9 Å². The van der Waals surface area contributed by atoms with Gasteiger partial charge in [0.05, 0.1) is 11.9 Å². The Morgan fingerprint density at radius 3 is 2.67 bits per heavy atom. The highest BCUT2D eigenvalue weighted by Gasteiger charge is 2.17. The van der Waals surface area contributed by atoms with Gasteiger partial charge >= 0.3 is 5.97 Å². The number of aromatic nitrogens is 6. The van der Waals surface area contributed by atoms with E-state index in [-0.39, 0.29) is 16.9 Å². The number of aryl methyl sites for hydroxylation is 2. The first-order valence-electron chi connectivity index (χ1n) is 6.73. The third-order valence-corrected chi connectivity index (χ3v) is 3.37. The summed E-state index contributed by atoms with van der Waals surface area (Å²) in [6, 6.07) is 2.46. The molecule has 0 aliphatic carbocycles. The molecular formula is C14H11FN6O3. The van der Waals surface area contributed by atoms with Gasteiger partial charge in [-0.15, -0.1) is 5.10 Å². The van der Waals surface area contributed by atoms with Crippen molar-refractivity contribution < 1.29 is 14.3 Å². The summed E-state index contributed by atoms with van der Waals surface area (Å²) in [5, 5.41) is 20.3. The van der Waals surface area contributed by atoms with Gasteiger partial charge in [0.15, 0.2) is 5.69 Å². The van der Waals surface area contributed by atoms with Crippen molar-refractivity contribution in [3.63, 3.8) is 0 Å². The summed E-state index contributed by atoms with van der Waals surface area (Å²) >= 11 is 0. The number of pyridine rings is 1. The maximum absolute atomic E-state index is 14.1. The van der Waals surface area contributed by atoms with Crippen LogP contribution in [0.4, 0.5) is 4.39 Å². The number of nitrogens with zero attached hydrogens (tertiary/aromatic N) is 6. The number of hydrogen-bond acceptors (Lipinski definition) is 6. The number of rotatable bonds is 3. The Bertz CT molecular complexity index is 1010. The van der Waals surface area contributed by atoms with Gasteiger partial charge in [0.2, 0.25) is 5.95 Å². The van der Waals surface area contributed by atoms with Gasteiger partial charge in [-0.1, -0.05) is 5.21 Å². The first-order chi connectivity index (χ1) is 11.4. The Labute approximate surface area is 134 Å². The van der Waals surface area contributed by atoms with Crippen LogP contribution in [0.5, 0.6) is 0 Å². The van der Waals surface area contributed by atoms with Crippen LogP contribution in [-0.2, 0) is 7.05 Å². The average Bonchev–Trinajstić information content (AvgIpc) is 2.96. The minimum Gasteiger partial charge on any atom is -0.476 e. The van der Waals surface area contributed by atoms with Crippen LogP contribution in [0.1, 0.15) is 16.1 Å². The van der Waals surface area contributed by atoms with E-state index in [2.05, 4.69) is 20.4 Å². The Balaban J connectivity index is 2.25. The van der Waals surface area contributed by atoms with Crippen LogP contribution in [0.15, 0.2) is 29.3 Å². The van der Waals surface area contributed by atoms with E-state index < -0.39 is 17.5 Å². The lowest BCUT2D eigenvalue weighted by Crippen LogP contribution is -2.26. The first-order valence-corrected chi connectivity index (χ1v) is 6.73. The molecule has 24 heavy (non-hydrogen) atoms. The Morgan fingerprint density at radius 1 is 1.29 bits per heavy atom. The topological polar surface area (TPSA) is 116 Å². The summed E-state index contributed by atoms with van der Waals surface area (Å²) in [6.07, 6.45) is 2.71. The van der Waals surface area contributed by atoms with Crippen molar-refractivity contribution in [3.8, 4) is 16.9 Å². The first kappa shape index (κ1) is 15.5. The molecule has 1 N–H and O–H groups in total. The molecule has 3 rings (SSSR count). The van der Waals surface area contributed by atoms with E-state index in [4.69, 9.17) is 5.11 Å². The quantitative estimate of drug-likeness (QED) is 0.698. The standard InChI is InChI=1S/C14H11FN6O3/c1-7-3-9(14(23)24)18-21(13(7)22)10-4-8(5-16-12(10)15)11-6-17-19-20(11)2/h3-6H,1-2H3,(H,23,24). The molecule has 0 amide bonds. The van der Waals surface area contributed by atoms with E-state index in [1.165, 1.54) is 30.1 Å². The van der Waals surface area contributed by atoms with E-state index in [1.54, 1.807) is 7.05 Å². The normalized spacial score (nSPS) is 10.8. The molecule has 0 fully saturated rings. The fourth-order valence-electron chi connectivity index (χ4n) is 2.16. The molecule has 0 atom stereocenters. The molecule has 0 radical (unpaired) electrons. The summed E-state index contributed by atoms with van der Waals surface area (Å²) in [6.45, 7) is 1.42. The van der Waals surface area contributed by atoms with Gasteiger partial charge in [-0.3, -0.25) is 4.79 Å². The highest BCUT2D eigenvalue weighted by molar-refractivity contribution is 5.85. The fourth-order valence-corrected chi connectivity index (χ4v) is 2.16. The predicted octanol–water partition coefficient (Wildman–Crippen LogP) is 0.569. The molecule has 3 heterocycles. The highest BCUT2D eigenvalue weighted by Crippen LogP contribution is 2.20. The second-order valence-corrected chi connectivity index (χ2v) is 5.01. The van der Waals surface area contributed by atoms with E-state index in [1.807, 2.05) is 0 Å². The van der Waals surface area contributed by atoms with Gasteiger partial charge in [0, 0.05) is 24.4 Å². The lowest BCUT2D eigenvalue weighted by atomic mass is 10.2. The van der Waals surface area contributed by atoms with Crippen LogP contribution in [0.2, 0.25) is 0 Å². The minimum absolute atomic E-state index is 0.120. The van der Waals surface area contributed by atoms with Gasteiger partial charge in [-0.25, -0.2) is 14.5 Å². The number of carbonyl (C=O) groups is 1. The van der Waals surface area contributed by atoms with Crippen molar-refractivity contribution in [2.75, 3.05) is 0 Å². The van der Waals surface area contributed by atoms with Crippen molar-refractivity contribution in [2.45, 2.75) is 6.92 Å². The molecular weight excluding hydrogens is 319 g/mol. The molecule has 10 heteroatoms. The Kier molecular flexibility index (Phi) is 3.64. The molecule has 0 aromatic carbocycles. The molecule has 122 valence electrons. The number of aromatic carboxylic acids is 1. The lowest BCUT2D eigenvalue weighted by molar-refractivity contribution is 0.0688. The summed E-state index contributed by atoms with van der Waals surface area (Å²) in [5.74, 6) is -2.28. The maximum atomic E-state index is 14.1. The molecule has 0 aliphatic heterocycles. The van der Waals surface area contributed by atoms with Gasteiger partial charge in [0.1, 0.15) is 5.69 Å². The van der Waals surface area contributed by atoms with Crippen molar-refractivity contribution in [1.29, 1.82) is 0 Å². The van der Waals surface area contributed by atoms with Crippen molar-refractivity contribution in [2.24, 2.45) is 7.05 Å². The van der Waals surface area contributed by atoms with Gasteiger partial charge in [-0.05, 0) is 19.1 Å². The smallest absolute Gasteiger partial charge is 0.356 e. The number of carboxylic acids is 1. The van der Waals surface area contributed by atoms with E-state index in [0.29, 0.717) is 15.9 Å². The van der Waals surface area contributed by atoms with Crippen LogP contribution >= 0.6 is 0 Å². The van der Waals surface area contributed by atoms with Gasteiger partial charge in [-0.2, -0.15) is 14.2 Å². The zero-order valence-corrected chi connectivity index (χ0v) is 12.6. The largest absolute Gasteiger partial charge is 0.476 e. The number of carboxylic acid groups (broad SMARTS) is 1. The summed E-state index contributed by atoms with van der Waals surface area (Å²) in [5.41, 5.74) is -0.159. The summed E-state index contributed by atoms with van der Waals surface area (Å²) in [7, 11) is 1.64. The van der Waals surface area contributed by atoms with Crippen LogP contribution in [-0.4, -0.2) is 40.8 Å². The predicted molar refractivity (Wildman–Crippen MR) is 79.3 cm³/mol. The zero-order chi connectivity index (χ0) is 17.4. The average molecular weight is 330 g/mol. The van der Waals surface area contributed by atoms with Gasteiger partial charge < -0.3 is 5.11 Å². The minimum atomic E-state index is -1.33. The third-order valence-electron chi connectivity index (χ3n) is 3.37. The summed E-state index contributed by atoms with van der Waals surface area (Å²) in [4.78, 5) is 27.0. The fraction of sp³-hybridized carbons (Fsp3) is 0.143. The van der Waals surface area contributed by atoms with Crippen LogP contribution in [0.3, 0.4) is 0 Å². The van der Waals surface area contributed by atoms with Crippen molar-refractivity contribution in [3.05, 3.63) is 52.1 Å². The van der Waals surface area contributed by atoms with Crippen LogP contribution < -0.4 is 5.56 Å². The third kappa shape index (κ3) is 2.53. The molecule has 3 aromatic rings. The SMILES string of the molecule is Cc1cc(C(=O)O)nn(-c2cc(-c3cnnn3C)cnc2F)c1=O. The van der Waals surface area contributed by atoms with E-state index in [9.17, 15) is 14.0 Å².